The Morgan fingerprint density at radius 2 is 0.661 bits per heavy atom. The van der Waals surface area contributed by atoms with Gasteiger partial charge in [-0.3, -0.25) is 38.4 Å². The number of hydrogen-bond acceptors (Lipinski definition) is 16. The van der Waals surface area contributed by atoms with Crippen molar-refractivity contribution in [1.82, 2.24) is 80.3 Å². The van der Waals surface area contributed by atoms with Crippen LogP contribution in [-0.2, 0) is 6.18 Å². The van der Waals surface area contributed by atoms with E-state index in [1.165, 1.54) is 112 Å². The Labute approximate surface area is 759 Å². The number of nitrogens with zero attached hydrogens (tertiary/aromatic N) is 12. The molecule has 0 bridgehead atoms. The quantitative estimate of drug-likeness (QED) is 0.0351. The van der Waals surface area contributed by atoms with E-state index >= 15 is 0 Å². The number of rotatable bonds is 20. The summed E-state index contributed by atoms with van der Waals surface area (Å²) in [5.41, 5.74) is -0.131. The summed E-state index contributed by atoms with van der Waals surface area (Å²) in [6.45, 7) is 13.2. The van der Waals surface area contributed by atoms with Crippen molar-refractivity contribution >= 4 is 237 Å². The van der Waals surface area contributed by atoms with Crippen LogP contribution in [0.15, 0.2) is 151 Å². The van der Waals surface area contributed by atoms with E-state index in [-0.39, 0.29) is 155 Å². The molecule has 12 aromatic rings. The second-order valence-electron chi connectivity index (χ2n) is 25.2. The van der Waals surface area contributed by atoms with Crippen molar-refractivity contribution in [3.8, 4) is 23.3 Å². The lowest BCUT2D eigenvalue weighted by Gasteiger charge is -2.15. The molecule has 0 radical (unpaired) electrons. The fourth-order valence-corrected chi connectivity index (χ4v) is 14.1. The molecular formula is C76H59BrCl13F3N20O8. The summed E-state index contributed by atoms with van der Waals surface area (Å²) in [6, 6.07) is 28.6. The molecule has 8 aromatic heterocycles. The molecule has 0 saturated carbocycles. The van der Waals surface area contributed by atoms with E-state index in [1.807, 2.05) is 13.8 Å². The molecule has 630 valence electrons. The second-order valence-corrected chi connectivity index (χ2v) is 31.4. The Morgan fingerprint density at radius 3 is 0.983 bits per heavy atom. The van der Waals surface area contributed by atoms with Crippen molar-refractivity contribution < 1.29 is 51.5 Å². The highest BCUT2D eigenvalue weighted by atomic mass is 79.9. The van der Waals surface area contributed by atoms with Crippen LogP contribution in [0.2, 0.25) is 65.6 Å². The fourth-order valence-electron chi connectivity index (χ4n) is 10.6. The number of halogens is 17. The minimum absolute atomic E-state index is 0.0362. The molecule has 0 saturated heterocycles. The van der Waals surface area contributed by atoms with Crippen LogP contribution in [-0.4, -0.2) is 131 Å². The number of alkyl halides is 3. The number of carbonyl (C=O) groups excluding carboxylic acids is 8. The Bertz CT molecular complexity index is 5810. The van der Waals surface area contributed by atoms with E-state index in [2.05, 4.69) is 98.8 Å². The highest BCUT2D eigenvalue weighted by molar-refractivity contribution is 9.10. The Kier molecular flexibility index (Phi) is 33.2. The third kappa shape index (κ3) is 24.3. The summed E-state index contributed by atoms with van der Waals surface area (Å²) >= 11 is 82.8. The summed E-state index contributed by atoms with van der Waals surface area (Å²) in [5.74, 6) is -4.04. The first-order valence-electron chi connectivity index (χ1n) is 34.8. The molecular weight excluding hydrogens is 1920 g/mol. The molecule has 0 atom stereocenters. The predicted molar refractivity (Wildman–Crippen MR) is 467 cm³/mol. The first-order valence-corrected chi connectivity index (χ1v) is 40.5. The van der Waals surface area contributed by atoms with E-state index in [9.17, 15) is 51.5 Å². The molecule has 8 amide bonds. The molecule has 8 heterocycles. The Morgan fingerprint density at radius 1 is 0.372 bits per heavy atom. The van der Waals surface area contributed by atoms with E-state index in [4.69, 9.17) is 151 Å². The smallest absolute Gasteiger partial charge is 0.352 e. The molecule has 0 fully saturated rings. The zero-order valence-electron chi connectivity index (χ0n) is 63.0. The van der Waals surface area contributed by atoms with Crippen molar-refractivity contribution in [3.05, 3.63) is 273 Å². The first-order chi connectivity index (χ1) is 57.2. The highest BCUT2D eigenvalue weighted by Gasteiger charge is 2.38. The summed E-state index contributed by atoms with van der Waals surface area (Å²) in [6.07, 6.45) is 0.994. The van der Waals surface area contributed by atoms with Crippen molar-refractivity contribution in [2.24, 2.45) is 0 Å². The largest absolute Gasteiger partial charge is 0.435 e. The van der Waals surface area contributed by atoms with Crippen LogP contribution in [0.5, 0.6) is 0 Å². The molecule has 45 heteroatoms. The first kappa shape index (κ1) is 95.0. The van der Waals surface area contributed by atoms with Crippen molar-refractivity contribution in [1.29, 1.82) is 0 Å². The van der Waals surface area contributed by atoms with Crippen molar-refractivity contribution in [3.63, 3.8) is 0 Å². The zero-order valence-corrected chi connectivity index (χ0v) is 74.4. The molecule has 8 N–H and O–H groups in total. The molecule has 12 rings (SSSR count). The van der Waals surface area contributed by atoms with Gasteiger partial charge in [-0.15, -0.1) is 0 Å². The maximum atomic E-state index is 13.3. The van der Waals surface area contributed by atoms with Crippen LogP contribution in [0.4, 0.5) is 35.9 Å². The average Bonchev–Trinajstić information content (AvgIpc) is 1.65. The average molecular weight is 1980 g/mol. The predicted octanol–water partition coefficient (Wildman–Crippen LogP) is 20.4. The van der Waals surface area contributed by atoms with Crippen LogP contribution in [0.1, 0.15) is 136 Å². The molecule has 0 unspecified atom stereocenters. The SMILES string of the molecule is CC(C)NC(=O)c1cc(Cl)cc(Cl)c1NC(=O)c1cc(Br)nn1-c1ncccc1Cl.CC(C)NC(=O)c1cc(Cl)cc(Cl)c1NC(=O)c1cc(Cl)nn1-c1ncccc1Cl.CCNC(=O)c1cc(Cl)cc(C)c1NC(=O)c1cc(Cl)nn1-c1ncccc1Cl.CCNC(=O)c1cc(Cl)cc(Cl)c1NC(=O)c1cc(C(F)(F)F)nn1-c1ncccc1Cl. The fraction of sp³-hybridized carbons (Fsp3) is 0.158. The maximum absolute atomic E-state index is 13.3. The topological polar surface area (TPSA) is 356 Å². The van der Waals surface area contributed by atoms with Gasteiger partial charge in [-0.2, -0.15) is 33.6 Å². The van der Waals surface area contributed by atoms with Crippen molar-refractivity contribution in [2.75, 3.05) is 34.4 Å². The van der Waals surface area contributed by atoms with Gasteiger partial charge >= 0.3 is 6.18 Å². The van der Waals surface area contributed by atoms with Gasteiger partial charge < -0.3 is 42.5 Å². The number of aromatic nitrogens is 12. The highest BCUT2D eigenvalue weighted by Crippen LogP contribution is 2.38. The van der Waals surface area contributed by atoms with E-state index in [1.54, 1.807) is 77.1 Å². The zero-order chi connectivity index (χ0) is 88.8. The van der Waals surface area contributed by atoms with Crippen LogP contribution >= 0.6 is 167 Å². The molecule has 0 aliphatic heterocycles. The van der Waals surface area contributed by atoms with Gasteiger partial charge in [-0.1, -0.05) is 151 Å². The number of amides is 8. The minimum Gasteiger partial charge on any atom is -0.352 e. The standard InChI is InChI=1S/C19H15BrCl3N5O2.C19H15Cl4N5O2.C19H13Cl3F3N5O2.C19H16Cl3N5O2/c1-9(2)25-18(29)11-6-10(21)7-13(23)16(11)26-19(30)14-8-15(20)27-28(14)17-12(22)4-3-5-24-17;1-9(2)25-18(29)11-6-10(20)7-13(22)16(11)26-19(30)14-8-15(23)27-28(14)17-12(21)4-3-5-24-17;1-2-26-17(31)10-6-9(20)7-12(22)15(10)28-18(32)13-8-14(19(23,24)25)29-30(13)16-11(21)4-3-5-27-16;1-3-23-18(28)12-8-11(20)7-10(2)16(12)25-19(29)14-9-15(22)26-27(14)17-13(21)5-4-6-24-17/h2*3-9H,1-2H3,(H,25,29)(H,26,30);3-8H,2H2,1H3,(H,26,31)(H,28,32);4-9H,3H2,1-2H3,(H,23,28)(H,25,29). The van der Waals surface area contributed by atoms with Crippen LogP contribution in [0.25, 0.3) is 23.3 Å². The molecule has 0 aliphatic carbocycles. The Balaban J connectivity index is 0.000000183. The van der Waals surface area contributed by atoms with Crippen LogP contribution in [0.3, 0.4) is 0 Å². The van der Waals surface area contributed by atoms with E-state index in [0.29, 0.717) is 48.2 Å². The summed E-state index contributed by atoms with van der Waals surface area (Å²) < 4.78 is 44.7. The van der Waals surface area contributed by atoms with Gasteiger partial charge in [-0.05, 0) is 167 Å². The normalized spacial score (nSPS) is 11.0. The van der Waals surface area contributed by atoms with Crippen LogP contribution < -0.4 is 42.5 Å². The number of anilines is 4. The minimum atomic E-state index is -4.84. The molecule has 28 nitrogen and oxygen atoms in total. The van der Waals surface area contributed by atoms with Crippen molar-refractivity contribution in [2.45, 2.75) is 66.7 Å². The van der Waals surface area contributed by atoms with Crippen LogP contribution in [0, 0.1) is 6.92 Å². The number of hydrogen-bond donors (Lipinski definition) is 8. The number of aryl methyl sites for hydroxylation is 1. The monoisotopic (exact) mass is 1970 g/mol. The summed E-state index contributed by atoms with van der Waals surface area (Å²) in [5, 5.41) is 39.2. The molecule has 0 aliphatic rings. The van der Waals surface area contributed by atoms with Gasteiger partial charge in [0.05, 0.1) is 80.2 Å². The number of nitrogens with one attached hydrogen (secondary N) is 8. The Hall–Kier alpha value is -9.88. The molecule has 0 spiro atoms. The summed E-state index contributed by atoms with van der Waals surface area (Å²) in [7, 11) is 0. The number of benzene rings is 4. The van der Waals surface area contributed by atoms with Gasteiger partial charge in [0.1, 0.15) is 27.4 Å². The van der Waals surface area contributed by atoms with Gasteiger partial charge in [0, 0.05) is 94.3 Å². The molecule has 4 aromatic carbocycles. The van der Waals surface area contributed by atoms with E-state index in [0.717, 1.165) is 0 Å². The van der Waals surface area contributed by atoms with Gasteiger partial charge in [-0.25, -0.2) is 38.7 Å². The lowest BCUT2D eigenvalue weighted by molar-refractivity contribution is -0.141. The van der Waals surface area contributed by atoms with Gasteiger partial charge in [0.2, 0.25) is 0 Å². The maximum Gasteiger partial charge on any atom is 0.435 e. The molecule has 121 heavy (non-hydrogen) atoms. The third-order valence-corrected chi connectivity index (χ3v) is 19.3. The second kappa shape index (κ2) is 42.3. The van der Waals surface area contributed by atoms with Gasteiger partial charge in [0.25, 0.3) is 47.3 Å². The number of carbonyl (C=O) groups is 8. The lowest BCUT2D eigenvalue weighted by Crippen LogP contribution is -2.31. The third-order valence-electron chi connectivity index (χ3n) is 15.6. The van der Waals surface area contributed by atoms with Gasteiger partial charge in [0.15, 0.2) is 39.3 Å². The van der Waals surface area contributed by atoms with E-state index < -0.39 is 58.9 Å². The lowest BCUT2D eigenvalue weighted by atomic mass is 10.1. The number of pyridine rings is 4. The summed E-state index contributed by atoms with van der Waals surface area (Å²) in [4.78, 5) is 119.